The molecule has 1 aromatic heterocycles. The van der Waals surface area contributed by atoms with Gasteiger partial charge in [0.05, 0.1) is 11.9 Å². The normalized spacial score (nSPS) is 18.2. The van der Waals surface area contributed by atoms with Crippen LogP contribution < -0.4 is 10.9 Å². The van der Waals surface area contributed by atoms with Gasteiger partial charge in [-0.25, -0.2) is 5.10 Å². The van der Waals surface area contributed by atoms with E-state index >= 15 is 0 Å². The SMILES string of the molecule is C[C@@H](CN1CCCC1)Nc1cn[nH]c(=O)c1C(F)(F)F. The number of nitrogens with one attached hydrogen (secondary N) is 2. The molecule has 1 aromatic rings. The molecule has 1 aliphatic rings. The number of likely N-dealkylation sites (tertiary alicyclic amines) is 1. The van der Waals surface area contributed by atoms with E-state index in [4.69, 9.17) is 0 Å². The number of rotatable bonds is 4. The number of H-pyrrole nitrogens is 1. The van der Waals surface area contributed by atoms with Gasteiger partial charge in [0.2, 0.25) is 0 Å². The van der Waals surface area contributed by atoms with Crippen LogP contribution in [0.3, 0.4) is 0 Å². The first-order valence-electron chi connectivity index (χ1n) is 6.51. The lowest BCUT2D eigenvalue weighted by Gasteiger charge is -2.23. The second-order valence-electron chi connectivity index (χ2n) is 5.04. The third-order valence-electron chi connectivity index (χ3n) is 3.27. The van der Waals surface area contributed by atoms with Crippen LogP contribution in [0.15, 0.2) is 11.0 Å². The first-order chi connectivity index (χ1) is 9.38. The van der Waals surface area contributed by atoms with E-state index in [-0.39, 0.29) is 11.7 Å². The molecule has 0 unspecified atom stereocenters. The topological polar surface area (TPSA) is 61.0 Å². The molecular formula is C12H17F3N4O. The molecule has 112 valence electrons. The smallest absolute Gasteiger partial charge is 0.379 e. The van der Waals surface area contributed by atoms with E-state index in [1.807, 2.05) is 5.10 Å². The Kier molecular flexibility index (Phi) is 4.32. The number of anilines is 1. The average Bonchev–Trinajstić information content (AvgIpc) is 2.79. The van der Waals surface area contributed by atoms with Gasteiger partial charge in [0.25, 0.3) is 5.56 Å². The number of hydrogen-bond donors (Lipinski definition) is 2. The Balaban J connectivity index is 2.12. The quantitative estimate of drug-likeness (QED) is 0.886. The summed E-state index contributed by atoms with van der Waals surface area (Å²) in [6.45, 7) is 4.36. The predicted molar refractivity (Wildman–Crippen MR) is 68.6 cm³/mol. The highest BCUT2D eigenvalue weighted by Crippen LogP contribution is 2.31. The summed E-state index contributed by atoms with van der Waals surface area (Å²) in [6, 6.07) is -0.196. The monoisotopic (exact) mass is 290 g/mol. The van der Waals surface area contributed by atoms with E-state index in [2.05, 4.69) is 15.3 Å². The van der Waals surface area contributed by atoms with E-state index in [9.17, 15) is 18.0 Å². The van der Waals surface area contributed by atoms with Crippen molar-refractivity contribution < 1.29 is 13.2 Å². The molecule has 0 bridgehead atoms. The van der Waals surface area contributed by atoms with Gasteiger partial charge in [-0.3, -0.25) is 4.79 Å². The average molecular weight is 290 g/mol. The van der Waals surface area contributed by atoms with Crippen molar-refractivity contribution >= 4 is 5.69 Å². The lowest BCUT2D eigenvalue weighted by Crippen LogP contribution is -2.34. The van der Waals surface area contributed by atoms with E-state index in [0.717, 1.165) is 32.1 Å². The Morgan fingerprint density at radius 2 is 2.10 bits per heavy atom. The first kappa shape index (κ1) is 14.8. The zero-order valence-electron chi connectivity index (χ0n) is 11.1. The maximum Gasteiger partial charge on any atom is 0.423 e. The zero-order valence-corrected chi connectivity index (χ0v) is 11.1. The van der Waals surface area contributed by atoms with Gasteiger partial charge in [-0.2, -0.15) is 18.3 Å². The lowest BCUT2D eigenvalue weighted by atomic mass is 10.2. The Morgan fingerprint density at radius 3 is 2.70 bits per heavy atom. The molecule has 2 heterocycles. The second kappa shape index (κ2) is 5.82. The summed E-state index contributed by atoms with van der Waals surface area (Å²) in [5.41, 5.74) is -2.72. The highest BCUT2D eigenvalue weighted by molar-refractivity contribution is 5.50. The summed E-state index contributed by atoms with van der Waals surface area (Å²) < 4.78 is 38.6. The Bertz CT molecular complexity index is 508. The maximum atomic E-state index is 12.9. The molecular weight excluding hydrogens is 273 g/mol. The van der Waals surface area contributed by atoms with E-state index in [1.54, 1.807) is 6.92 Å². The van der Waals surface area contributed by atoms with Crippen LogP contribution in [0.2, 0.25) is 0 Å². The second-order valence-corrected chi connectivity index (χ2v) is 5.04. The summed E-state index contributed by atoms with van der Waals surface area (Å²) in [6.07, 6.45) is -1.46. The summed E-state index contributed by atoms with van der Waals surface area (Å²) in [5.74, 6) is 0. The fraction of sp³-hybridized carbons (Fsp3) is 0.667. The fourth-order valence-corrected chi connectivity index (χ4v) is 2.45. The molecule has 5 nitrogen and oxygen atoms in total. The van der Waals surface area contributed by atoms with Crippen molar-refractivity contribution in [1.82, 2.24) is 15.1 Å². The van der Waals surface area contributed by atoms with E-state index in [0.29, 0.717) is 6.54 Å². The number of alkyl halides is 3. The number of nitrogens with zero attached hydrogens (tertiary/aromatic N) is 2. The summed E-state index contributed by atoms with van der Waals surface area (Å²) in [4.78, 5) is 13.5. The molecule has 1 atom stereocenters. The van der Waals surface area contributed by atoms with Gasteiger partial charge in [0.1, 0.15) is 5.56 Å². The van der Waals surface area contributed by atoms with Crippen LogP contribution in [0, 0.1) is 0 Å². The van der Waals surface area contributed by atoms with Crippen molar-refractivity contribution in [3.8, 4) is 0 Å². The van der Waals surface area contributed by atoms with Crippen LogP contribution in [0.4, 0.5) is 18.9 Å². The number of halogens is 3. The number of aromatic nitrogens is 2. The highest BCUT2D eigenvalue weighted by atomic mass is 19.4. The third kappa shape index (κ3) is 3.50. The minimum Gasteiger partial charge on any atom is -0.379 e. The van der Waals surface area contributed by atoms with Crippen LogP contribution in [0.1, 0.15) is 25.3 Å². The van der Waals surface area contributed by atoms with Crippen molar-refractivity contribution in [3.63, 3.8) is 0 Å². The minimum absolute atomic E-state index is 0.196. The molecule has 0 radical (unpaired) electrons. The lowest BCUT2D eigenvalue weighted by molar-refractivity contribution is -0.138. The van der Waals surface area contributed by atoms with Crippen LogP contribution in [-0.2, 0) is 6.18 Å². The fourth-order valence-electron chi connectivity index (χ4n) is 2.45. The van der Waals surface area contributed by atoms with Gasteiger partial charge in [-0.05, 0) is 32.9 Å². The molecule has 0 saturated carbocycles. The van der Waals surface area contributed by atoms with Gasteiger partial charge in [-0.1, -0.05) is 0 Å². The van der Waals surface area contributed by atoms with Crippen molar-refractivity contribution in [3.05, 3.63) is 22.1 Å². The molecule has 0 amide bonds. The maximum absolute atomic E-state index is 12.9. The van der Waals surface area contributed by atoms with Gasteiger partial charge in [-0.15, -0.1) is 0 Å². The zero-order chi connectivity index (χ0) is 14.8. The molecule has 1 fully saturated rings. The van der Waals surface area contributed by atoms with Crippen LogP contribution in [0.25, 0.3) is 0 Å². The molecule has 1 saturated heterocycles. The van der Waals surface area contributed by atoms with E-state index in [1.165, 1.54) is 0 Å². The summed E-state index contributed by atoms with van der Waals surface area (Å²) in [5, 5.41) is 7.99. The van der Waals surface area contributed by atoms with Crippen LogP contribution in [0.5, 0.6) is 0 Å². The van der Waals surface area contributed by atoms with Gasteiger partial charge < -0.3 is 10.2 Å². The van der Waals surface area contributed by atoms with Crippen molar-refractivity contribution in [2.24, 2.45) is 0 Å². The standard InChI is InChI=1S/C12H17F3N4O/c1-8(7-19-4-2-3-5-19)17-9-6-16-18-11(20)10(9)12(13,14)15/h6,8H,2-5,7H2,1H3,(H2,17,18,20)/t8-/m0/s1. The molecule has 1 aliphatic heterocycles. The minimum atomic E-state index is -4.70. The third-order valence-corrected chi connectivity index (χ3v) is 3.27. The summed E-state index contributed by atoms with van der Waals surface area (Å²) in [7, 11) is 0. The van der Waals surface area contributed by atoms with Gasteiger partial charge >= 0.3 is 6.18 Å². The van der Waals surface area contributed by atoms with E-state index < -0.39 is 17.3 Å². The molecule has 0 aromatic carbocycles. The Hall–Kier alpha value is -1.57. The summed E-state index contributed by atoms with van der Waals surface area (Å²) >= 11 is 0. The van der Waals surface area contributed by atoms with Gasteiger partial charge in [0, 0.05) is 12.6 Å². The molecule has 2 N–H and O–H groups in total. The molecule has 20 heavy (non-hydrogen) atoms. The van der Waals surface area contributed by atoms with Crippen molar-refractivity contribution in [1.29, 1.82) is 0 Å². The first-order valence-corrected chi connectivity index (χ1v) is 6.51. The van der Waals surface area contributed by atoms with Gasteiger partial charge in [0.15, 0.2) is 0 Å². The molecule has 0 aliphatic carbocycles. The predicted octanol–water partition coefficient (Wildman–Crippen LogP) is 1.68. The highest BCUT2D eigenvalue weighted by Gasteiger charge is 2.37. The molecule has 8 heteroatoms. The van der Waals surface area contributed by atoms with Crippen molar-refractivity contribution in [2.45, 2.75) is 32.0 Å². The van der Waals surface area contributed by atoms with Crippen LogP contribution in [-0.4, -0.2) is 40.8 Å². The van der Waals surface area contributed by atoms with Crippen LogP contribution >= 0.6 is 0 Å². The Labute approximate surface area is 114 Å². The Morgan fingerprint density at radius 1 is 1.45 bits per heavy atom. The number of aromatic amines is 1. The van der Waals surface area contributed by atoms with Crippen molar-refractivity contribution in [2.75, 3.05) is 25.0 Å². The number of hydrogen-bond acceptors (Lipinski definition) is 4. The largest absolute Gasteiger partial charge is 0.423 e. The molecule has 2 rings (SSSR count). The molecule has 0 spiro atoms.